The third-order valence-electron chi connectivity index (χ3n) is 4.16. The van der Waals surface area contributed by atoms with Gasteiger partial charge in [-0.2, -0.15) is 5.10 Å². The molecule has 0 bridgehead atoms. The Bertz CT molecular complexity index is 635. The van der Waals surface area contributed by atoms with Crippen molar-refractivity contribution < 1.29 is 9.84 Å². The van der Waals surface area contributed by atoms with Gasteiger partial charge in [-0.1, -0.05) is 17.7 Å². The van der Waals surface area contributed by atoms with Crippen LogP contribution in [0.5, 0.6) is 0 Å². The molecule has 2 heterocycles. The molecule has 22 heavy (non-hydrogen) atoms. The van der Waals surface area contributed by atoms with Crippen molar-refractivity contribution in [1.29, 1.82) is 0 Å². The number of benzene rings is 1. The molecular weight excluding hydrogens is 302 g/mol. The van der Waals surface area contributed by atoms with Crippen molar-refractivity contribution in [3.63, 3.8) is 0 Å². The van der Waals surface area contributed by atoms with Crippen LogP contribution in [0, 0.1) is 0 Å². The summed E-state index contributed by atoms with van der Waals surface area (Å²) in [4.78, 5) is 2.34. The number of hydrogen-bond acceptors (Lipinski definition) is 4. The first-order valence-corrected chi connectivity index (χ1v) is 8.09. The lowest BCUT2D eigenvalue weighted by molar-refractivity contribution is -0.0702. The van der Waals surface area contributed by atoms with E-state index in [4.69, 9.17) is 16.3 Å². The number of aromatic amines is 1. The highest BCUT2D eigenvalue weighted by Crippen LogP contribution is 2.31. The molecular formula is C16H22ClN3O2. The molecule has 0 radical (unpaired) electrons. The summed E-state index contributed by atoms with van der Waals surface area (Å²) in [7, 11) is 0. The predicted molar refractivity (Wildman–Crippen MR) is 87.1 cm³/mol. The lowest BCUT2D eigenvalue weighted by Crippen LogP contribution is -2.45. The molecule has 6 heteroatoms. The summed E-state index contributed by atoms with van der Waals surface area (Å²) in [5, 5.41) is 18.8. The molecule has 3 rings (SSSR count). The number of morpholine rings is 1. The lowest BCUT2D eigenvalue weighted by atomic mass is 10.0. The number of halogens is 1. The van der Waals surface area contributed by atoms with Crippen molar-refractivity contribution in [3.8, 4) is 0 Å². The Morgan fingerprint density at radius 2 is 2.14 bits per heavy atom. The maximum atomic E-state index is 10.5. The molecule has 2 N–H and O–H groups in total. The van der Waals surface area contributed by atoms with E-state index in [-0.39, 0.29) is 12.2 Å². The van der Waals surface area contributed by atoms with Crippen molar-refractivity contribution >= 4 is 22.5 Å². The minimum atomic E-state index is -0.569. The van der Waals surface area contributed by atoms with E-state index >= 15 is 0 Å². The van der Waals surface area contributed by atoms with E-state index < -0.39 is 6.10 Å². The topological polar surface area (TPSA) is 61.4 Å². The number of aliphatic hydroxyl groups is 1. The number of fused-ring (bicyclic) bond motifs is 1. The van der Waals surface area contributed by atoms with E-state index in [9.17, 15) is 5.11 Å². The fraction of sp³-hybridized carbons (Fsp3) is 0.562. The molecule has 1 aliphatic rings. The summed E-state index contributed by atoms with van der Waals surface area (Å²) in [6.45, 7) is 6.82. The molecule has 0 amide bonds. The molecule has 1 aromatic heterocycles. The van der Waals surface area contributed by atoms with Gasteiger partial charge in [0.2, 0.25) is 0 Å². The first-order valence-electron chi connectivity index (χ1n) is 7.72. The predicted octanol–water partition coefficient (Wildman–Crippen LogP) is 2.75. The molecule has 5 nitrogen and oxygen atoms in total. The highest BCUT2D eigenvalue weighted by Gasteiger charge is 2.23. The highest BCUT2D eigenvalue weighted by atomic mass is 35.5. The van der Waals surface area contributed by atoms with E-state index in [1.165, 1.54) is 0 Å². The van der Waals surface area contributed by atoms with E-state index in [0.29, 0.717) is 11.4 Å². The lowest BCUT2D eigenvalue weighted by Gasteiger charge is -2.35. The first kappa shape index (κ1) is 15.7. The molecule has 1 fully saturated rings. The molecule has 2 aromatic rings. The largest absolute Gasteiger partial charge is 0.388 e. The zero-order chi connectivity index (χ0) is 15.7. The molecule has 3 unspecified atom stereocenters. The molecule has 1 aliphatic heterocycles. The average Bonchev–Trinajstić information content (AvgIpc) is 2.93. The van der Waals surface area contributed by atoms with E-state index in [0.717, 1.165) is 36.1 Å². The van der Waals surface area contributed by atoms with Gasteiger partial charge in [-0.05, 0) is 31.9 Å². The zero-order valence-corrected chi connectivity index (χ0v) is 13.7. The Hall–Kier alpha value is -1.14. The Kier molecular flexibility index (Phi) is 4.68. The van der Waals surface area contributed by atoms with E-state index in [2.05, 4.69) is 28.9 Å². The normalized spacial score (nSPS) is 24.7. The Morgan fingerprint density at radius 1 is 1.41 bits per heavy atom. The number of nitrogens with one attached hydrogen (secondary N) is 1. The Labute approximate surface area is 135 Å². The minimum absolute atomic E-state index is 0.242. The van der Waals surface area contributed by atoms with E-state index in [1.807, 2.05) is 12.1 Å². The third kappa shape index (κ3) is 3.27. The number of H-pyrrole nitrogens is 1. The van der Waals surface area contributed by atoms with Crippen LogP contribution in [0.25, 0.3) is 10.9 Å². The molecule has 120 valence electrons. The summed E-state index contributed by atoms with van der Waals surface area (Å²) in [6.07, 6.45) is 2.26. The fourth-order valence-electron chi connectivity index (χ4n) is 3.18. The standard InChI is InChI=1S/C16H22ClN3O2/c1-10-8-20(9-11(2)22-10)6-5-15(21)12-3-4-14-13(16(12)17)7-18-19-14/h3-4,7,10-11,15,21H,5-6,8-9H2,1-2H3,(H,18,19). The second kappa shape index (κ2) is 6.54. The molecule has 3 atom stereocenters. The second-order valence-electron chi connectivity index (χ2n) is 6.12. The van der Waals surface area contributed by atoms with Gasteiger partial charge in [0.05, 0.1) is 35.0 Å². The van der Waals surface area contributed by atoms with Crippen molar-refractivity contribution in [1.82, 2.24) is 15.1 Å². The summed E-state index contributed by atoms with van der Waals surface area (Å²) in [6, 6.07) is 3.78. The van der Waals surface area contributed by atoms with Gasteiger partial charge in [-0.15, -0.1) is 0 Å². The van der Waals surface area contributed by atoms with Gasteiger partial charge in [0, 0.05) is 25.0 Å². The van der Waals surface area contributed by atoms with E-state index in [1.54, 1.807) is 6.20 Å². The maximum absolute atomic E-state index is 10.5. The van der Waals surface area contributed by atoms with Gasteiger partial charge in [-0.25, -0.2) is 0 Å². The van der Waals surface area contributed by atoms with Crippen molar-refractivity contribution in [2.45, 2.75) is 38.6 Å². The fourth-order valence-corrected chi connectivity index (χ4v) is 3.52. The van der Waals surface area contributed by atoms with Crippen LogP contribution in [0.3, 0.4) is 0 Å². The Balaban J connectivity index is 1.65. The maximum Gasteiger partial charge on any atom is 0.0816 e. The van der Waals surface area contributed by atoms with Crippen LogP contribution in [-0.4, -0.2) is 52.0 Å². The molecule has 1 saturated heterocycles. The number of ether oxygens (including phenoxy) is 1. The number of aliphatic hydroxyl groups excluding tert-OH is 1. The van der Waals surface area contributed by atoms with Crippen LogP contribution in [0.4, 0.5) is 0 Å². The summed E-state index contributed by atoms with van der Waals surface area (Å²) < 4.78 is 5.73. The molecule has 0 saturated carbocycles. The van der Waals surface area contributed by atoms with Crippen molar-refractivity contribution in [3.05, 3.63) is 28.9 Å². The smallest absolute Gasteiger partial charge is 0.0816 e. The highest BCUT2D eigenvalue weighted by molar-refractivity contribution is 6.36. The van der Waals surface area contributed by atoms with Crippen LogP contribution in [0.1, 0.15) is 31.9 Å². The van der Waals surface area contributed by atoms with Gasteiger partial charge in [0.1, 0.15) is 0 Å². The SMILES string of the molecule is CC1CN(CCC(O)c2ccc3[nH]ncc3c2Cl)CC(C)O1. The number of hydrogen-bond donors (Lipinski definition) is 2. The van der Waals surface area contributed by atoms with Gasteiger partial charge in [-0.3, -0.25) is 10.00 Å². The molecule has 0 aliphatic carbocycles. The number of rotatable bonds is 4. The molecule has 1 aromatic carbocycles. The second-order valence-corrected chi connectivity index (χ2v) is 6.50. The Morgan fingerprint density at radius 3 is 2.86 bits per heavy atom. The monoisotopic (exact) mass is 323 g/mol. The summed E-state index contributed by atoms with van der Waals surface area (Å²) in [5.74, 6) is 0. The number of aromatic nitrogens is 2. The van der Waals surface area contributed by atoms with Crippen LogP contribution < -0.4 is 0 Å². The van der Waals surface area contributed by atoms with Crippen LogP contribution in [-0.2, 0) is 4.74 Å². The minimum Gasteiger partial charge on any atom is -0.388 e. The van der Waals surface area contributed by atoms with Crippen LogP contribution in [0.15, 0.2) is 18.3 Å². The zero-order valence-electron chi connectivity index (χ0n) is 12.9. The summed E-state index contributed by atoms with van der Waals surface area (Å²) in [5.41, 5.74) is 1.65. The van der Waals surface area contributed by atoms with Crippen molar-refractivity contribution in [2.75, 3.05) is 19.6 Å². The quantitative estimate of drug-likeness (QED) is 0.908. The average molecular weight is 324 g/mol. The summed E-state index contributed by atoms with van der Waals surface area (Å²) >= 11 is 6.39. The third-order valence-corrected chi connectivity index (χ3v) is 4.58. The van der Waals surface area contributed by atoms with Gasteiger partial charge in [0.15, 0.2) is 0 Å². The first-order chi connectivity index (χ1) is 10.5. The number of nitrogens with zero attached hydrogens (tertiary/aromatic N) is 2. The van der Waals surface area contributed by atoms with Crippen LogP contribution in [0.2, 0.25) is 5.02 Å². The van der Waals surface area contributed by atoms with Crippen LogP contribution >= 0.6 is 11.6 Å². The van der Waals surface area contributed by atoms with Crippen molar-refractivity contribution in [2.24, 2.45) is 0 Å². The van der Waals surface area contributed by atoms with Gasteiger partial charge >= 0.3 is 0 Å². The molecule has 0 spiro atoms. The van der Waals surface area contributed by atoms with Gasteiger partial charge < -0.3 is 9.84 Å². The van der Waals surface area contributed by atoms with Gasteiger partial charge in [0.25, 0.3) is 0 Å².